The predicted molar refractivity (Wildman–Crippen MR) is 59.3 cm³/mol. The summed E-state index contributed by atoms with van der Waals surface area (Å²) in [5.74, 6) is 0. The van der Waals surface area contributed by atoms with Crippen molar-refractivity contribution in [3.63, 3.8) is 0 Å². The van der Waals surface area contributed by atoms with Crippen LogP contribution in [0.4, 0.5) is 0 Å². The van der Waals surface area contributed by atoms with Crippen molar-refractivity contribution in [1.29, 1.82) is 0 Å². The molecule has 4 heteroatoms. The number of hydrogen-bond donors (Lipinski definition) is 1. The number of nitrogens with zero attached hydrogens (tertiary/aromatic N) is 2. The largest absolute Gasteiger partial charge is 0.326 e. The van der Waals surface area contributed by atoms with Crippen molar-refractivity contribution in [2.45, 2.75) is 38.4 Å². The number of likely N-dealkylation sites (tertiary alicyclic amines) is 1. The highest BCUT2D eigenvalue weighted by Crippen LogP contribution is 2.34. The van der Waals surface area contributed by atoms with Gasteiger partial charge in [0.2, 0.25) is 0 Å². The van der Waals surface area contributed by atoms with Crippen molar-refractivity contribution < 1.29 is 0 Å². The molecule has 1 saturated heterocycles. The molecule has 0 unspecified atom stereocenters. The highest BCUT2D eigenvalue weighted by molar-refractivity contribution is 7.09. The van der Waals surface area contributed by atoms with E-state index in [0.29, 0.717) is 12.1 Å². The number of rotatable bonds is 2. The number of nitrogens with two attached hydrogens (primary N) is 1. The van der Waals surface area contributed by atoms with Crippen LogP contribution in [-0.4, -0.2) is 28.5 Å². The maximum absolute atomic E-state index is 6.14. The average Bonchev–Trinajstić information content (AvgIpc) is 2.71. The molecule has 2 N–H and O–H groups in total. The van der Waals surface area contributed by atoms with Gasteiger partial charge < -0.3 is 5.73 Å². The van der Waals surface area contributed by atoms with Gasteiger partial charge in [0, 0.05) is 29.7 Å². The lowest BCUT2D eigenvalue weighted by atomic mass is 10.1. The third-order valence-corrected chi connectivity index (χ3v) is 3.74. The molecule has 0 bridgehead atoms. The summed E-state index contributed by atoms with van der Waals surface area (Å²) in [7, 11) is 0. The van der Waals surface area contributed by atoms with Gasteiger partial charge in [-0.2, -0.15) is 0 Å². The zero-order valence-corrected chi connectivity index (χ0v) is 9.50. The van der Waals surface area contributed by atoms with Gasteiger partial charge in [0.1, 0.15) is 0 Å². The normalized spacial score (nSPS) is 28.9. The molecule has 0 amide bonds. The van der Waals surface area contributed by atoms with Gasteiger partial charge in [-0.15, -0.1) is 11.3 Å². The number of hydrogen-bond acceptors (Lipinski definition) is 4. The second-order valence-corrected chi connectivity index (χ2v) is 5.05. The van der Waals surface area contributed by atoms with E-state index in [1.807, 2.05) is 11.7 Å². The number of thiazole rings is 1. The Labute approximate surface area is 88.9 Å². The molecule has 2 heterocycles. The van der Waals surface area contributed by atoms with Crippen LogP contribution < -0.4 is 5.73 Å². The monoisotopic (exact) mass is 211 g/mol. The van der Waals surface area contributed by atoms with E-state index in [9.17, 15) is 0 Å². The summed E-state index contributed by atoms with van der Waals surface area (Å²) in [6.45, 7) is 5.57. The standard InChI is InChI=1S/C10H17N3S/c1-7(2)13-4-3-8(11)10(13)9-5-12-6-14-9/h5-8,10H,3-4,11H2,1-2H3/t8-,10-/m0/s1. The van der Waals surface area contributed by atoms with E-state index >= 15 is 0 Å². The Kier molecular flexibility index (Phi) is 2.85. The third-order valence-electron chi connectivity index (χ3n) is 2.89. The second-order valence-electron chi connectivity index (χ2n) is 4.13. The predicted octanol–water partition coefficient (Wildman–Crippen LogP) is 1.63. The zero-order chi connectivity index (χ0) is 10.1. The molecular weight excluding hydrogens is 194 g/mol. The Morgan fingerprint density at radius 1 is 1.64 bits per heavy atom. The summed E-state index contributed by atoms with van der Waals surface area (Å²) in [5.41, 5.74) is 8.02. The molecule has 3 nitrogen and oxygen atoms in total. The fourth-order valence-corrected chi connectivity index (χ4v) is 2.98. The molecular formula is C10H17N3S. The summed E-state index contributed by atoms with van der Waals surface area (Å²) in [6.07, 6.45) is 3.05. The highest BCUT2D eigenvalue weighted by atomic mass is 32.1. The van der Waals surface area contributed by atoms with Crippen molar-refractivity contribution in [2.24, 2.45) is 5.73 Å². The van der Waals surface area contributed by atoms with E-state index in [-0.39, 0.29) is 6.04 Å². The van der Waals surface area contributed by atoms with E-state index in [0.717, 1.165) is 13.0 Å². The Balaban J connectivity index is 2.22. The maximum Gasteiger partial charge on any atom is 0.0794 e. The molecule has 0 aromatic carbocycles. The first-order valence-corrected chi connectivity index (χ1v) is 5.98. The van der Waals surface area contributed by atoms with Crippen LogP contribution in [0.25, 0.3) is 0 Å². The van der Waals surface area contributed by atoms with Crippen LogP contribution in [0.1, 0.15) is 31.2 Å². The van der Waals surface area contributed by atoms with Gasteiger partial charge >= 0.3 is 0 Å². The first-order valence-electron chi connectivity index (χ1n) is 5.10. The first kappa shape index (κ1) is 10.1. The number of aromatic nitrogens is 1. The maximum atomic E-state index is 6.14. The quantitative estimate of drug-likeness (QED) is 0.808. The van der Waals surface area contributed by atoms with Crippen LogP contribution >= 0.6 is 11.3 Å². The molecule has 1 aromatic heterocycles. The summed E-state index contributed by atoms with van der Waals surface area (Å²) < 4.78 is 0. The van der Waals surface area contributed by atoms with Crippen LogP contribution in [0.3, 0.4) is 0 Å². The minimum atomic E-state index is 0.276. The van der Waals surface area contributed by atoms with Crippen molar-refractivity contribution in [1.82, 2.24) is 9.88 Å². The molecule has 0 saturated carbocycles. The van der Waals surface area contributed by atoms with E-state index in [1.54, 1.807) is 11.3 Å². The Bertz CT molecular complexity index is 284. The van der Waals surface area contributed by atoms with Gasteiger partial charge in [-0.1, -0.05) is 0 Å². The summed E-state index contributed by atoms with van der Waals surface area (Å²) in [4.78, 5) is 7.91. The molecule has 1 fully saturated rings. The lowest BCUT2D eigenvalue weighted by molar-refractivity contribution is 0.200. The fraction of sp³-hybridized carbons (Fsp3) is 0.700. The average molecular weight is 211 g/mol. The van der Waals surface area contributed by atoms with Gasteiger partial charge in [-0.3, -0.25) is 9.88 Å². The van der Waals surface area contributed by atoms with Gasteiger partial charge in [0.05, 0.1) is 11.6 Å². The zero-order valence-electron chi connectivity index (χ0n) is 8.68. The van der Waals surface area contributed by atoms with Gasteiger partial charge in [-0.25, -0.2) is 0 Å². The van der Waals surface area contributed by atoms with Crippen LogP contribution in [0.15, 0.2) is 11.7 Å². The SMILES string of the molecule is CC(C)N1CC[C@H](N)[C@H]1c1cncs1. The lowest BCUT2D eigenvalue weighted by Crippen LogP contribution is -2.35. The van der Waals surface area contributed by atoms with Gasteiger partial charge in [-0.05, 0) is 20.3 Å². The lowest BCUT2D eigenvalue weighted by Gasteiger charge is -2.28. The van der Waals surface area contributed by atoms with E-state index in [1.165, 1.54) is 4.88 Å². The molecule has 0 spiro atoms. The molecule has 1 aliphatic rings. The fourth-order valence-electron chi connectivity index (χ4n) is 2.17. The first-order chi connectivity index (χ1) is 6.70. The van der Waals surface area contributed by atoms with Crippen molar-refractivity contribution >= 4 is 11.3 Å². The van der Waals surface area contributed by atoms with Crippen LogP contribution in [-0.2, 0) is 0 Å². The molecule has 0 aliphatic carbocycles. The Morgan fingerprint density at radius 2 is 2.43 bits per heavy atom. The summed E-state index contributed by atoms with van der Waals surface area (Å²) in [5, 5.41) is 0. The topological polar surface area (TPSA) is 42.1 Å². The van der Waals surface area contributed by atoms with Crippen molar-refractivity contribution in [3.8, 4) is 0 Å². The van der Waals surface area contributed by atoms with Gasteiger partial charge in [0.25, 0.3) is 0 Å². The third kappa shape index (κ3) is 1.69. The van der Waals surface area contributed by atoms with Crippen LogP contribution in [0.5, 0.6) is 0 Å². The Hall–Kier alpha value is -0.450. The smallest absolute Gasteiger partial charge is 0.0794 e. The molecule has 2 rings (SSSR count). The van der Waals surface area contributed by atoms with E-state index in [2.05, 4.69) is 23.7 Å². The van der Waals surface area contributed by atoms with E-state index in [4.69, 9.17) is 5.73 Å². The molecule has 0 radical (unpaired) electrons. The van der Waals surface area contributed by atoms with E-state index < -0.39 is 0 Å². The summed E-state index contributed by atoms with van der Waals surface area (Å²) in [6, 6.07) is 1.23. The summed E-state index contributed by atoms with van der Waals surface area (Å²) >= 11 is 1.71. The highest BCUT2D eigenvalue weighted by Gasteiger charge is 2.34. The molecule has 78 valence electrons. The van der Waals surface area contributed by atoms with Crippen molar-refractivity contribution in [2.75, 3.05) is 6.54 Å². The minimum absolute atomic E-state index is 0.276. The molecule has 1 aliphatic heterocycles. The second kappa shape index (κ2) is 3.96. The van der Waals surface area contributed by atoms with Crippen molar-refractivity contribution in [3.05, 3.63) is 16.6 Å². The van der Waals surface area contributed by atoms with Gasteiger partial charge in [0.15, 0.2) is 0 Å². The molecule has 1 aromatic rings. The molecule has 14 heavy (non-hydrogen) atoms. The Morgan fingerprint density at radius 3 is 3.00 bits per heavy atom. The van der Waals surface area contributed by atoms with Crippen LogP contribution in [0, 0.1) is 0 Å². The minimum Gasteiger partial charge on any atom is -0.326 e. The van der Waals surface area contributed by atoms with Crippen LogP contribution in [0.2, 0.25) is 0 Å². The molecule has 2 atom stereocenters.